The Kier molecular flexibility index (Phi) is 9.00. The summed E-state index contributed by atoms with van der Waals surface area (Å²) in [6, 6.07) is 6.31. The van der Waals surface area contributed by atoms with E-state index in [1.54, 1.807) is 4.90 Å². The molecule has 6 heteroatoms. The first-order valence-corrected chi connectivity index (χ1v) is 13.5. The third-order valence-corrected chi connectivity index (χ3v) is 7.83. The molecule has 1 atom stereocenters. The van der Waals surface area contributed by atoms with E-state index >= 15 is 4.39 Å². The summed E-state index contributed by atoms with van der Waals surface area (Å²) < 4.78 is 15.0. The van der Waals surface area contributed by atoms with E-state index in [9.17, 15) is 9.59 Å². The zero-order valence-corrected chi connectivity index (χ0v) is 22.0. The first-order chi connectivity index (χ1) is 16.6. The molecule has 0 spiro atoms. The van der Waals surface area contributed by atoms with E-state index in [4.69, 9.17) is 5.11 Å². The minimum absolute atomic E-state index is 0.0379. The maximum absolute atomic E-state index is 15.0. The van der Waals surface area contributed by atoms with Crippen molar-refractivity contribution in [3.63, 3.8) is 0 Å². The number of hydrogen-bond acceptors (Lipinski definition) is 2. The second-order valence-corrected chi connectivity index (χ2v) is 10.7. The number of halogens is 1. The van der Waals surface area contributed by atoms with Crippen molar-refractivity contribution in [3.8, 4) is 0 Å². The van der Waals surface area contributed by atoms with Crippen molar-refractivity contribution in [2.75, 3.05) is 6.54 Å². The molecule has 2 amide bonds. The van der Waals surface area contributed by atoms with Crippen molar-refractivity contribution >= 4 is 12.0 Å². The number of urea groups is 1. The summed E-state index contributed by atoms with van der Waals surface area (Å²) in [7, 11) is 0. The van der Waals surface area contributed by atoms with E-state index in [1.165, 1.54) is 11.1 Å². The molecule has 1 aromatic rings. The van der Waals surface area contributed by atoms with Crippen molar-refractivity contribution in [2.24, 2.45) is 5.92 Å². The number of carbonyl (C=O) groups is 2. The summed E-state index contributed by atoms with van der Waals surface area (Å²) in [5, 5.41) is 12.3. The van der Waals surface area contributed by atoms with Gasteiger partial charge in [-0.1, -0.05) is 65.2 Å². The lowest BCUT2D eigenvalue weighted by atomic mass is 9.73. The van der Waals surface area contributed by atoms with Gasteiger partial charge in [-0.25, -0.2) is 9.18 Å². The summed E-state index contributed by atoms with van der Waals surface area (Å²) in [4.78, 5) is 25.8. The number of carboxylic acid groups (broad SMARTS) is 1. The van der Waals surface area contributed by atoms with Crippen molar-refractivity contribution in [3.05, 3.63) is 46.7 Å². The van der Waals surface area contributed by atoms with Gasteiger partial charge in [-0.05, 0) is 73.1 Å². The highest BCUT2D eigenvalue weighted by Crippen LogP contribution is 2.42. The van der Waals surface area contributed by atoms with Crippen LogP contribution in [0.25, 0.3) is 0 Å². The minimum Gasteiger partial charge on any atom is -0.481 e. The second-order valence-electron chi connectivity index (χ2n) is 10.7. The molecule has 1 heterocycles. The molecule has 3 rings (SSSR count). The number of carboxylic acids is 1. The second kappa shape index (κ2) is 11.6. The Morgan fingerprint density at radius 3 is 2.49 bits per heavy atom. The quantitative estimate of drug-likeness (QED) is 0.338. The lowest BCUT2D eigenvalue weighted by Crippen LogP contribution is -2.56. The molecule has 2 N–H and O–H groups in total. The molecule has 0 aromatic heterocycles. The van der Waals surface area contributed by atoms with Gasteiger partial charge in [0.05, 0.1) is 5.54 Å². The largest absolute Gasteiger partial charge is 0.481 e. The number of aliphatic carboxylic acids is 1. The van der Waals surface area contributed by atoms with Gasteiger partial charge in [0.1, 0.15) is 5.67 Å². The molecular weight excluding hydrogens is 443 g/mol. The number of carbonyl (C=O) groups excluding carboxylic acids is 1. The van der Waals surface area contributed by atoms with Crippen LogP contribution in [0.15, 0.2) is 30.0 Å². The fraction of sp³-hybridized carbons (Fsp3) is 0.655. The van der Waals surface area contributed by atoms with Crippen LogP contribution in [-0.4, -0.2) is 34.2 Å². The number of nitrogens with one attached hydrogen (secondary N) is 1. The fourth-order valence-corrected chi connectivity index (χ4v) is 5.92. The van der Waals surface area contributed by atoms with Crippen LogP contribution in [0.1, 0.15) is 102 Å². The van der Waals surface area contributed by atoms with Crippen LogP contribution in [0.3, 0.4) is 0 Å². The normalized spacial score (nSPS) is 21.8. The number of amides is 2. The van der Waals surface area contributed by atoms with E-state index in [2.05, 4.69) is 51.2 Å². The molecule has 1 fully saturated rings. The predicted octanol–water partition coefficient (Wildman–Crippen LogP) is 6.89. The van der Waals surface area contributed by atoms with E-state index in [0.29, 0.717) is 32.2 Å². The number of nitrogens with zero attached hydrogens (tertiary/aromatic N) is 1. The topological polar surface area (TPSA) is 69.6 Å². The molecule has 0 radical (unpaired) electrons. The van der Waals surface area contributed by atoms with Crippen LogP contribution in [0, 0.1) is 5.92 Å². The molecule has 194 valence electrons. The Balaban J connectivity index is 1.93. The Morgan fingerprint density at radius 2 is 1.89 bits per heavy atom. The van der Waals surface area contributed by atoms with Crippen LogP contribution in [0.5, 0.6) is 0 Å². The van der Waals surface area contributed by atoms with Crippen LogP contribution < -0.4 is 5.32 Å². The maximum atomic E-state index is 15.0. The number of rotatable bonds is 12. The summed E-state index contributed by atoms with van der Waals surface area (Å²) in [5.41, 5.74) is 3.04. The highest BCUT2D eigenvalue weighted by Gasteiger charge is 2.43. The minimum atomic E-state index is -1.01. The summed E-state index contributed by atoms with van der Waals surface area (Å²) >= 11 is 0. The smallest absolute Gasteiger partial charge is 0.322 e. The Hall–Kier alpha value is -2.37. The average molecular weight is 487 g/mol. The summed E-state index contributed by atoms with van der Waals surface area (Å²) in [5.74, 6) is -0.655. The van der Waals surface area contributed by atoms with Gasteiger partial charge in [0.2, 0.25) is 0 Å². The summed E-state index contributed by atoms with van der Waals surface area (Å²) in [6.45, 7) is 8.92. The third kappa shape index (κ3) is 6.25. The van der Waals surface area contributed by atoms with Crippen molar-refractivity contribution < 1.29 is 19.1 Å². The lowest BCUT2D eigenvalue weighted by Gasteiger charge is -2.45. The van der Waals surface area contributed by atoms with Gasteiger partial charge >= 0.3 is 12.0 Å². The first-order valence-electron chi connectivity index (χ1n) is 13.5. The molecular formula is C29H43FN2O3. The number of hydrogen-bond donors (Lipinski definition) is 2. The van der Waals surface area contributed by atoms with Crippen LogP contribution in [0.4, 0.5) is 9.18 Å². The Morgan fingerprint density at radius 1 is 1.17 bits per heavy atom. The molecule has 5 nitrogen and oxygen atoms in total. The zero-order valence-electron chi connectivity index (χ0n) is 22.0. The van der Waals surface area contributed by atoms with Crippen LogP contribution >= 0.6 is 0 Å². The van der Waals surface area contributed by atoms with Gasteiger partial charge in [-0.15, -0.1) is 0 Å². The number of benzene rings is 1. The Labute approximate surface area is 210 Å². The SMILES string of the molecule is CCC[C@@]1(c2ccc(CCC3(F)CCCC3)c(CC)c2)NC(=O)N(CCCC(=O)O)C=C1C(C)C. The molecule has 1 aromatic carbocycles. The van der Waals surface area contributed by atoms with E-state index < -0.39 is 17.2 Å². The Bertz CT molecular complexity index is 936. The first kappa shape index (κ1) is 27.2. The van der Waals surface area contributed by atoms with Gasteiger partial charge in [0.25, 0.3) is 0 Å². The standard InChI is InChI=1S/C29H43FN2O3/c1-5-14-29(25(21(3)4)20-32(27(35)31-29)18-9-10-26(33)34)24-12-11-23(22(6-2)19-24)13-17-28(30)15-7-8-16-28/h11-12,19-21H,5-10,13-18H2,1-4H3,(H,31,35)(H,33,34)/t29-/m0/s1. The molecule has 35 heavy (non-hydrogen) atoms. The number of aryl methyl sites for hydroxylation is 2. The molecule has 0 unspecified atom stereocenters. The van der Waals surface area contributed by atoms with E-state index in [1.807, 2.05) is 6.20 Å². The number of alkyl halides is 1. The zero-order chi connectivity index (χ0) is 25.6. The van der Waals surface area contributed by atoms with Gasteiger partial charge in [0.15, 0.2) is 0 Å². The average Bonchev–Trinajstić information content (AvgIpc) is 3.25. The van der Waals surface area contributed by atoms with Crippen molar-refractivity contribution in [1.29, 1.82) is 0 Å². The third-order valence-electron chi connectivity index (χ3n) is 7.83. The maximum Gasteiger partial charge on any atom is 0.322 e. The molecule has 0 saturated heterocycles. The molecule has 0 bridgehead atoms. The van der Waals surface area contributed by atoms with Gasteiger partial charge in [0, 0.05) is 19.2 Å². The van der Waals surface area contributed by atoms with Crippen LogP contribution in [0.2, 0.25) is 0 Å². The molecule has 1 saturated carbocycles. The summed E-state index contributed by atoms with van der Waals surface area (Å²) in [6.07, 6.45) is 9.63. The fourth-order valence-electron chi connectivity index (χ4n) is 5.92. The lowest BCUT2D eigenvalue weighted by molar-refractivity contribution is -0.137. The van der Waals surface area contributed by atoms with E-state index in [-0.39, 0.29) is 18.4 Å². The monoisotopic (exact) mass is 486 g/mol. The van der Waals surface area contributed by atoms with Gasteiger partial charge in [-0.2, -0.15) is 0 Å². The van der Waals surface area contributed by atoms with Gasteiger partial charge < -0.3 is 15.3 Å². The van der Waals surface area contributed by atoms with Gasteiger partial charge in [-0.3, -0.25) is 4.79 Å². The predicted molar refractivity (Wildman–Crippen MR) is 138 cm³/mol. The highest BCUT2D eigenvalue weighted by molar-refractivity contribution is 5.79. The van der Waals surface area contributed by atoms with E-state index in [0.717, 1.165) is 49.7 Å². The van der Waals surface area contributed by atoms with Crippen molar-refractivity contribution in [2.45, 2.75) is 110 Å². The van der Waals surface area contributed by atoms with Crippen LogP contribution in [-0.2, 0) is 23.2 Å². The van der Waals surface area contributed by atoms with Crippen molar-refractivity contribution in [1.82, 2.24) is 10.2 Å². The molecule has 2 aliphatic rings. The molecule has 1 aliphatic heterocycles. The highest BCUT2D eigenvalue weighted by atomic mass is 19.1. The molecule has 1 aliphatic carbocycles.